The molecule has 18 heavy (non-hydrogen) atoms. The molecule has 1 aliphatic heterocycles. The highest BCUT2D eigenvalue weighted by Gasteiger charge is 2.23. The van der Waals surface area contributed by atoms with Crippen molar-refractivity contribution in [3.63, 3.8) is 0 Å². The summed E-state index contributed by atoms with van der Waals surface area (Å²) in [5.74, 6) is 0.953. The van der Waals surface area contributed by atoms with E-state index in [1.165, 1.54) is 5.56 Å². The van der Waals surface area contributed by atoms with Gasteiger partial charge < -0.3 is 10.1 Å². The first-order valence-corrected chi connectivity index (χ1v) is 6.80. The van der Waals surface area contributed by atoms with E-state index in [4.69, 9.17) is 4.74 Å². The molecule has 1 aromatic rings. The summed E-state index contributed by atoms with van der Waals surface area (Å²) in [4.78, 5) is 2.59. The van der Waals surface area contributed by atoms with E-state index in [1.807, 2.05) is 6.07 Å². The van der Waals surface area contributed by atoms with E-state index in [9.17, 15) is 0 Å². The van der Waals surface area contributed by atoms with Gasteiger partial charge in [-0.2, -0.15) is 0 Å². The van der Waals surface area contributed by atoms with Crippen LogP contribution in [0.25, 0.3) is 0 Å². The van der Waals surface area contributed by atoms with Gasteiger partial charge in [-0.15, -0.1) is 0 Å². The van der Waals surface area contributed by atoms with Crippen molar-refractivity contribution in [2.45, 2.75) is 32.4 Å². The highest BCUT2D eigenvalue weighted by Crippen LogP contribution is 2.15. The SMILES string of the molecule is COc1cccc(CCN2C(C)CNCC2C)c1. The van der Waals surface area contributed by atoms with Crippen molar-refractivity contribution in [3.8, 4) is 5.75 Å². The predicted molar refractivity (Wildman–Crippen MR) is 75.2 cm³/mol. The Kier molecular flexibility index (Phi) is 4.61. The molecule has 0 spiro atoms. The smallest absolute Gasteiger partial charge is 0.119 e. The minimum atomic E-state index is 0.624. The average molecular weight is 248 g/mol. The molecule has 1 aliphatic rings. The summed E-state index contributed by atoms with van der Waals surface area (Å²) in [7, 11) is 1.72. The highest BCUT2D eigenvalue weighted by atomic mass is 16.5. The molecule has 0 aliphatic carbocycles. The van der Waals surface area contributed by atoms with Gasteiger partial charge in [-0.25, -0.2) is 0 Å². The van der Waals surface area contributed by atoms with Crippen molar-refractivity contribution in [3.05, 3.63) is 29.8 Å². The fraction of sp³-hybridized carbons (Fsp3) is 0.600. The van der Waals surface area contributed by atoms with Gasteiger partial charge in [0.05, 0.1) is 7.11 Å². The van der Waals surface area contributed by atoms with Crippen molar-refractivity contribution in [2.24, 2.45) is 0 Å². The summed E-state index contributed by atoms with van der Waals surface area (Å²) < 4.78 is 5.27. The molecule has 3 nitrogen and oxygen atoms in total. The first-order chi connectivity index (χ1) is 8.70. The molecule has 1 saturated heterocycles. The lowest BCUT2D eigenvalue weighted by Crippen LogP contribution is -2.55. The quantitative estimate of drug-likeness (QED) is 0.881. The number of ether oxygens (including phenoxy) is 1. The van der Waals surface area contributed by atoms with Crippen LogP contribution in [-0.4, -0.2) is 43.7 Å². The van der Waals surface area contributed by atoms with Crippen molar-refractivity contribution < 1.29 is 4.74 Å². The van der Waals surface area contributed by atoms with Crippen LogP contribution in [0.15, 0.2) is 24.3 Å². The van der Waals surface area contributed by atoms with E-state index in [0.29, 0.717) is 12.1 Å². The van der Waals surface area contributed by atoms with Crippen molar-refractivity contribution >= 4 is 0 Å². The van der Waals surface area contributed by atoms with Crippen LogP contribution in [0.1, 0.15) is 19.4 Å². The summed E-state index contributed by atoms with van der Waals surface area (Å²) in [6, 6.07) is 9.63. The van der Waals surface area contributed by atoms with Crippen LogP contribution >= 0.6 is 0 Å². The summed E-state index contributed by atoms with van der Waals surface area (Å²) in [5, 5.41) is 3.47. The first kappa shape index (κ1) is 13.4. The summed E-state index contributed by atoms with van der Waals surface area (Å²) in [6.45, 7) is 7.92. The number of benzene rings is 1. The van der Waals surface area contributed by atoms with Gasteiger partial charge >= 0.3 is 0 Å². The zero-order chi connectivity index (χ0) is 13.0. The molecule has 2 unspecified atom stereocenters. The maximum atomic E-state index is 5.27. The summed E-state index contributed by atoms with van der Waals surface area (Å²) >= 11 is 0. The van der Waals surface area contributed by atoms with Crippen LogP contribution in [0.3, 0.4) is 0 Å². The van der Waals surface area contributed by atoms with Crippen molar-refractivity contribution in [2.75, 3.05) is 26.7 Å². The predicted octanol–water partition coefficient (Wildman–Crippen LogP) is 1.92. The standard InChI is InChI=1S/C15H24N2O/c1-12-10-16-11-13(2)17(12)8-7-14-5-4-6-15(9-14)18-3/h4-6,9,12-13,16H,7-8,10-11H2,1-3H3. The van der Waals surface area contributed by atoms with Gasteiger partial charge in [0.15, 0.2) is 0 Å². The molecule has 0 amide bonds. The normalized spacial score (nSPS) is 25.1. The fourth-order valence-corrected chi connectivity index (χ4v) is 2.70. The number of nitrogens with one attached hydrogen (secondary N) is 1. The zero-order valence-corrected chi connectivity index (χ0v) is 11.6. The maximum Gasteiger partial charge on any atom is 0.119 e. The minimum Gasteiger partial charge on any atom is -0.497 e. The van der Waals surface area contributed by atoms with Crippen LogP contribution in [-0.2, 0) is 6.42 Å². The first-order valence-electron chi connectivity index (χ1n) is 6.80. The van der Waals surface area contributed by atoms with E-state index in [2.05, 4.69) is 42.3 Å². The lowest BCUT2D eigenvalue weighted by molar-refractivity contribution is 0.118. The molecule has 1 heterocycles. The molecule has 2 rings (SSSR count). The molecular formula is C15H24N2O. The third-order valence-electron chi connectivity index (χ3n) is 3.80. The van der Waals surface area contributed by atoms with Gasteiger partial charge in [0.25, 0.3) is 0 Å². The van der Waals surface area contributed by atoms with E-state index in [0.717, 1.165) is 31.8 Å². The molecule has 0 bridgehead atoms. The number of nitrogens with zero attached hydrogens (tertiary/aromatic N) is 1. The Bertz CT molecular complexity index is 371. The van der Waals surface area contributed by atoms with Crippen LogP contribution in [0.2, 0.25) is 0 Å². The van der Waals surface area contributed by atoms with Crippen LogP contribution < -0.4 is 10.1 Å². The molecule has 0 aromatic heterocycles. The highest BCUT2D eigenvalue weighted by molar-refractivity contribution is 5.28. The van der Waals surface area contributed by atoms with E-state index in [1.54, 1.807) is 7.11 Å². The van der Waals surface area contributed by atoms with Gasteiger partial charge in [-0.3, -0.25) is 4.90 Å². The van der Waals surface area contributed by atoms with E-state index >= 15 is 0 Å². The summed E-state index contributed by atoms with van der Waals surface area (Å²) in [5.41, 5.74) is 1.35. The lowest BCUT2D eigenvalue weighted by Gasteiger charge is -2.39. The molecule has 1 fully saturated rings. The largest absolute Gasteiger partial charge is 0.497 e. The minimum absolute atomic E-state index is 0.624. The lowest BCUT2D eigenvalue weighted by atomic mass is 10.1. The van der Waals surface area contributed by atoms with Crippen LogP contribution in [0.4, 0.5) is 0 Å². The second-order valence-corrected chi connectivity index (χ2v) is 5.20. The Morgan fingerprint density at radius 1 is 1.28 bits per heavy atom. The number of piperazine rings is 1. The van der Waals surface area contributed by atoms with Crippen molar-refractivity contribution in [1.82, 2.24) is 10.2 Å². The monoisotopic (exact) mass is 248 g/mol. The fourth-order valence-electron chi connectivity index (χ4n) is 2.70. The molecule has 2 atom stereocenters. The number of hydrogen-bond donors (Lipinski definition) is 1. The molecule has 0 saturated carbocycles. The van der Waals surface area contributed by atoms with Crippen LogP contribution in [0, 0.1) is 0 Å². The molecule has 3 heteroatoms. The van der Waals surface area contributed by atoms with Gasteiger partial charge in [0.2, 0.25) is 0 Å². The van der Waals surface area contributed by atoms with Gasteiger partial charge in [0, 0.05) is 31.7 Å². The van der Waals surface area contributed by atoms with Gasteiger partial charge in [0.1, 0.15) is 5.75 Å². The Morgan fingerprint density at radius 3 is 2.67 bits per heavy atom. The van der Waals surface area contributed by atoms with E-state index < -0.39 is 0 Å². The van der Waals surface area contributed by atoms with Crippen LogP contribution in [0.5, 0.6) is 5.75 Å². The molecule has 0 radical (unpaired) electrons. The second-order valence-electron chi connectivity index (χ2n) is 5.20. The Balaban J connectivity index is 1.93. The topological polar surface area (TPSA) is 24.5 Å². The number of methoxy groups -OCH3 is 1. The Labute approximate surface area is 110 Å². The third kappa shape index (κ3) is 3.24. The Morgan fingerprint density at radius 2 is 2.00 bits per heavy atom. The van der Waals surface area contributed by atoms with Gasteiger partial charge in [-0.05, 0) is 38.0 Å². The molecular weight excluding hydrogens is 224 g/mol. The maximum absolute atomic E-state index is 5.27. The molecule has 1 aromatic carbocycles. The molecule has 100 valence electrons. The number of rotatable bonds is 4. The number of hydrogen-bond acceptors (Lipinski definition) is 3. The molecule has 1 N–H and O–H groups in total. The average Bonchev–Trinajstić information content (AvgIpc) is 2.38. The summed E-state index contributed by atoms with van der Waals surface area (Å²) in [6.07, 6.45) is 1.09. The zero-order valence-electron chi connectivity index (χ0n) is 11.6. The second kappa shape index (κ2) is 6.21. The van der Waals surface area contributed by atoms with E-state index in [-0.39, 0.29) is 0 Å². The third-order valence-corrected chi connectivity index (χ3v) is 3.80. The Hall–Kier alpha value is -1.06. The van der Waals surface area contributed by atoms with Crippen molar-refractivity contribution in [1.29, 1.82) is 0 Å². The van der Waals surface area contributed by atoms with Gasteiger partial charge in [-0.1, -0.05) is 12.1 Å².